The number of hydrogen-bond donors (Lipinski definition) is 2. The van der Waals surface area contributed by atoms with Gasteiger partial charge >= 0.3 is 0 Å². The molecule has 0 saturated carbocycles. The van der Waals surface area contributed by atoms with E-state index in [1.807, 2.05) is 20.8 Å². The summed E-state index contributed by atoms with van der Waals surface area (Å²) >= 11 is 3.27. The van der Waals surface area contributed by atoms with E-state index in [1.165, 1.54) is 6.20 Å². The Hall–Kier alpha value is -1.14. The Morgan fingerprint density at radius 1 is 1.59 bits per heavy atom. The number of halogens is 1. The average Bonchev–Trinajstić information content (AvgIpc) is 2.18. The summed E-state index contributed by atoms with van der Waals surface area (Å²) in [5.41, 5.74) is 5.73. The maximum absolute atomic E-state index is 11.6. The minimum Gasteiger partial charge on any atom is -0.397 e. The first kappa shape index (κ1) is 13.9. The maximum Gasteiger partial charge on any atom is 0.251 e. The smallest absolute Gasteiger partial charge is 0.251 e. The molecule has 1 heterocycles. The highest BCUT2D eigenvalue weighted by Crippen LogP contribution is 2.21. The van der Waals surface area contributed by atoms with Gasteiger partial charge in [0, 0.05) is 0 Å². The lowest BCUT2D eigenvalue weighted by molar-refractivity contribution is -0.125. The number of ether oxygens (including phenoxy) is 1. The molecule has 0 saturated heterocycles. The van der Waals surface area contributed by atoms with Crippen molar-refractivity contribution in [2.45, 2.75) is 26.4 Å². The summed E-state index contributed by atoms with van der Waals surface area (Å²) in [4.78, 5) is 15.6. The Labute approximate surface area is 109 Å². The van der Waals surface area contributed by atoms with Gasteiger partial charge in [0.25, 0.3) is 5.91 Å². The van der Waals surface area contributed by atoms with Crippen molar-refractivity contribution in [1.29, 1.82) is 0 Å². The Bertz CT molecular complexity index is 416. The van der Waals surface area contributed by atoms with Crippen molar-refractivity contribution in [2.24, 2.45) is 0 Å². The van der Waals surface area contributed by atoms with Gasteiger partial charge in [-0.3, -0.25) is 4.79 Å². The van der Waals surface area contributed by atoms with Gasteiger partial charge in [-0.1, -0.05) is 0 Å². The highest BCUT2D eigenvalue weighted by atomic mass is 79.9. The molecule has 0 aliphatic rings. The fourth-order valence-corrected chi connectivity index (χ4v) is 1.46. The van der Waals surface area contributed by atoms with Crippen LogP contribution in [0.1, 0.15) is 20.8 Å². The molecule has 1 aromatic heterocycles. The number of nitrogen functional groups attached to an aromatic ring is 1. The van der Waals surface area contributed by atoms with Crippen LogP contribution in [0.5, 0.6) is 0 Å². The van der Waals surface area contributed by atoms with E-state index in [0.717, 1.165) is 0 Å². The van der Waals surface area contributed by atoms with Gasteiger partial charge in [-0.05, 0) is 42.8 Å². The highest BCUT2D eigenvalue weighted by Gasteiger charge is 2.14. The number of carbonyl (C=O) groups is 1. The maximum atomic E-state index is 11.6. The molecule has 1 rings (SSSR count). The molecule has 17 heavy (non-hydrogen) atoms. The molecule has 0 fully saturated rings. The third-order valence-corrected chi connectivity index (χ3v) is 2.36. The van der Waals surface area contributed by atoms with Crippen molar-refractivity contribution in [2.75, 3.05) is 17.7 Å². The molecule has 94 valence electrons. The first-order chi connectivity index (χ1) is 7.78. The summed E-state index contributed by atoms with van der Waals surface area (Å²) in [5.74, 6) is 0.180. The molecule has 6 heteroatoms. The molecule has 0 aliphatic heterocycles. The normalized spacial score (nSPS) is 11.3. The molecule has 0 radical (unpaired) electrons. The number of aromatic nitrogens is 1. The van der Waals surface area contributed by atoms with Gasteiger partial charge in [0.15, 0.2) is 0 Å². The van der Waals surface area contributed by atoms with Crippen LogP contribution < -0.4 is 11.1 Å². The van der Waals surface area contributed by atoms with Gasteiger partial charge in [0.2, 0.25) is 0 Å². The fourth-order valence-electron chi connectivity index (χ4n) is 0.995. The molecular weight excluding hydrogens is 286 g/mol. The van der Waals surface area contributed by atoms with E-state index in [-0.39, 0.29) is 18.1 Å². The Balaban J connectivity index is 2.57. The van der Waals surface area contributed by atoms with E-state index in [0.29, 0.717) is 16.0 Å². The number of nitrogens with one attached hydrogen (secondary N) is 1. The van der Waals surface area contributed by atoms with Gasteiger partial charge in [-0.15, -0.1) is 0 Å². The number of nitrogens with zero attached hydrogens (tertiary/aromatic N) is 1. The quantitative estimate of drug-likeness (QED) is 0.897. The molecule has 0 spiro atoms. The van der Waals surface area contributed by atoms with E-state index >= 15 is 0 Å². The number of anilines is 2. The van der Waals surface area contributed by atoms with E-state index < -0.39 is 0 Å². The topological polar surface area (TPSA) is 77.2 Å². The van der Waals surface area contributed by atoms with Crippen molar-refractivity contribution >= 4 is 33.3 Å². The zero-order chi connectivity index (χ0) is 13.1. The summed E-state index contributed by atoms with van der Waals surface area (Å²) in [6, 6.07) is 1.67. The van der Waals surface area contributed by atoms with Gasteiger partial charge in [0.05, 0.1) is 22.0 Å². The zero-order valence-electron chi connectivity index (χ0n) is 10.1. The minimum absolute atomic E-state index is 0.0119. The fraction of sp³-hybridized carbons (Fsp3) is 0.455. The van der Waals surface area contributed by atoms with Gasteiger partial charge in [-0.2, -0.15) is 0 Å². The molecule has 3 N–H and O–H groups in total. The zero-order valence-corrected chi connectivity index (χ0v) is 11.7. The van der Waals surface area contributed by atoms with Crippen LogP contribution in [0.15, 0.2) is 16.7 Å². The number of rotatable bonds is 3. The molecule has 0 atom stereocenters. The molecular formula is C11H16BrN3O2. The highest BCUT2D eigenvalue weighted by molar-refractivity contribution is 9.10. The standard InChI is InChI=1S/C11H16BrN3O2/c1-11(2,3)17-6-9(16)15-10-8(12)4-7(13)5-14-10/h4-5H,6,13H2,1-3H3,(H,14,15,16). The third-order valence-electron chi connectivity index (χ3n) is 1.76. The van der Waals surface area contributed by atoms with Gasteiger partial charge in [0.1, 0.15) is 12.4 Å². The summed E-state index contributed by atoms with van der Waals surface area (Å²) < 4.78 is 5.99. The number of nitrogens with two attached hydrogens (primary N) is 1. The number of hydrogen-bond acceptors (Lipinski definition) is 4. The molecule has 0 aliphatic carbocycles. The van der Waals surface area contributed by atoms with Crippen molar-refractivity contribution in [3.63, 3.8) is 0 Å². The molecule has 0 aromatic carbocycles. The average molecular weight is 302 g/mol. The summed E-state index contributed by atoms with van der Waals surface area (Å²) in [5, 5.41) is 2.63. The number of carbonyl (C=O) groups excluding carboxylic acids is 1. The Morgan fingerprint density at radius 3 is 2.76 bits per heavy atom. The van der Waals surface area contributed by atoms with Crippen LogP contribution in [0.2, 0.25) is 0 Å². The van der Waals surface area contributed by atoms with Gasteiger partial charge < -0.3 is 15.8 Å². The van der Waals surface area contributed by atoms with Crippen LogP contribution in [0.3, 0.4) is 0 Å². The van der Waals surface area contributed by atoms with Crippen molar-refractivity contribution in [3.05, 3.63) is 16.7 Å². The lowest BCUT2D eigenvalue weighted by atomic mass is 10.2. The second-order valence-corrected chi connectivity index (χ2v) is 5.40. The van der Waals surface area contributed by atoms with Crippen LogP contribution in [-0.2, 0) is 9.53 Å². The van der Waals surface area contributed by atoms with Crippen LogP contribution in [-0.4, -0.2) is 23.1 Å². The molecule has 5 nitrogen and oxygen atoms in total. The lowest BCUT2D eigenvalue weighted by Gasteiger charge is -2.19. The van der Waals surface area contributed by atoms with E-state index in [1.54, 1.807) is 6.07 Å². The number of pyridine rings is 1. The second kappa shape index (κ2) is 5.46. The van der Waals surface area contributed by atoms with Crippen molar-refractivity contribution < 1.29 is 9.53 Å². The monoisotopic (exact) mass is 301 g/mol. The SMILES string of the molecule is CC(C)(C)OCC(=O)Nc1ncc(N)cc1Br. The van der Waals surface area contributed by atoms with Gasteiger partial charge in [-0.25, -0.2) is 4.98 Å². The predicted octanol–water partition coefficient (Wildman–Crippen LogP) is 2.18. The molecule has 1 aromatic rings. The molecule has 1 amide bonds. The largest absolute Gasteiger partial charge is 0.397 e. The third kappa shape index (κ3) is 5.14. The first-order valence-electron chi connectivity index (χ1n) is 5.13. The molecule has 0 unspecified atom stereocenters. The van der Waals surface area contributed by atoms with E-state index in [2.05, 4.69) is 26.2 Å². The number of amides is 1. The summed E-state index contributed by atoms with van der Waals surface area (Å²) in [6.45, 7) is 5.65. The Morgan fingerprint density at radius 2 is 2.24 bits per heavy atom. The van der Waals surface area contributed by atoms with Crippen LogP contribution in [0.4, 0.5) is 11.5 Å². The first-order valence-corrected chi connectivity index (χ1v) is 5.92. The minimum atomic E-state index is -0.344. The van der Waals surface area contributed by atoms with E-state index in [4.69, 9.17) is 10.5 Å². The van der Waals surface area contributed by atoms with Crippen LogP contribution in [0.25, 0.3) is 0 Å². The molecule has 0 bridgehead atoms. The summed E-state index contributed by atoms with van der Waals surface area (Å²) in [6.07, 6.45) is 1.48. The second-order valence-electron chi connectivity index (χ2n) is 4.55. The van der Waals surface area contributed by atoms with E-state index in [9.17, 15) is 4.79 Å². The van der Waals surface area contributed by atoms with Crippen LogP contribution >= 0.6 is 15.9 Å². The summed E-state index contributed by atoms with van der Waals surface area (Å²) in [7, 11) is 0. The lowest BCUT2D eigenvalue weighted by Crippen LogP contribution is -2.27. The Kier molecular flexibility index (Phi) is 4.47. The predicted molar refractivity (Wildman–Crippen MR) is 70.7 cm³/mol. The van der Waals surface area contributed by atoms with Crippen LogP contribution in [0, 0.1) is 0 Å². The van der Waals surface area contributed by atoms with Crippen molar-refractivity contribution in [3.8, 4) is 0 Å². The van der Waals surface area contributed by atoms with Crippen molar-refractivity contribution in [1.82, 2.24) is 4.98 Å².